The maximum Gasteiger partial charge on any atom is 0.0453 e. The summed E-state index contributed by atoms with van der Waals surface area (Å²) >= 11 is 5.64. The van der Waals surface area contributed by atoms with E-state index in [9.17, 15) is 0 Å². The zero-order chi connectivity index (χ0) is 10.8. The minimum absolute atomic E-state index is 0.516. The molecule has 2 atom stereocenters. The van der Waals surface area contributed by atoms with Gasteiger partial charge in [0, 0.05) is 20.7 Å². The van der Waals surface area contributed by atoms with Crippen LogP contribution in [-0.4, -0.2) is 12.3 Å². The number of thioether (sulfide) groups is 1. The Kier molecular flexibility index (Phi) is 3.75. The molecule has 1 aromatic rings. The number of fused-ring (bicyclic) bond motifs is 1. The monoisotopic (exact) mass is 285 g/mol. The van der Waals surface area contributed by atoms with Gasteiger partial charge >= 0.3 is 0 Å². The average molecular weight is 286 g/mol. The van der Waals surface area contributed by atoms with Gasteiger partial charge in [-0.05, 0) is 41.0 Å². The van der Waals surface area contributed by atoms with E-state index >= 15 is 0 Å². The summed E-state index contributed by atoms with van der Waals surface area (Å²) in [7, 11) is 2.06. The molecule has 0 saturated heterocycles. The molecule has 0 aliphatic carbocycles. The molecule has 0 fully saturated rings. The molecule has 0 amide bonds. The topological polar surface area (TPSA) is 12.0 Å². The molecule has 3 heteroatoms. The van der Waals surface area contributed by atoms with Crippen molar-refractivity contribution in [1.82, 2.24) is 5.32 Å². The lowest BCUT2D eigenvalue weighted by molar-refractivity contribution is 0.544. The first kappa shape index (κ1) is 11.5. The molecule has 1 aliphatic heterocycles. The second-order valence-electron chi connectivity index (χ2n) is 3.87. The smallest absolute Gasteiger partial charge is 0.0453 e. The predicted octanol–water partition coefficient (Wildman–Crippen LogP) is 3.98. The molecule has 0 aromatic heterocycles. The van der Waals surface area contributed by atoms with Crippen molar-refractivity contribution in [2.45, 2.75) is 36.0 Å². The van der Waals surface area contributed by atoms with Crippen LogP contribution in [0.3, 0.4) is 0 Å². The fourth-order valence-electron chi connectivity index (χ4n) is 2.17. The maximum atomic E-state index is 3.63. The van der Waals surface area contributed by atoms with Crippen LogP contribution in [-0.2, 0) is 0 Å². The third-order valence-corrected chi connectivity index (χ3v) is 5.28. The Morgan fingerprint density at radius 1 is 1.47 bits per heavy atom. The molecule has 2 unspecified atom stereocenters. The number of hydrogen-bond donors (Lipinski definition) is 1. The predicted molar refractivity (Wildman–Crippen MR) is 70.5 cm³/mol. The quantitative estimate of drug-likeness (QED) is 0.902. The van der Waals surface area contributed by atoms with Crippen LogP contribution in [0.1, 0.15) is 31.4 Å². The number of benzene rings is 1. The molecule has 0 bridgehead atoms. The highest BCUT2D eigenvalue weighted by molar-refractivity contribution is 9.10. The van der Waals surface area contributed by atoms with Crippen LogP contribution in [0.4, 0.5) is 0 Å². The highest BCUT2D eigenvalue weighted by Gasteiger charge is 2.32. The van der Waals surface area contributed by atoms with Crippen LogP contribution in [0.15, 0.2) is 27.6 Å². The van der Waals surface area contributed by atoms with Crippen molar-refractivity contribution >= 4 is 27.7 Å². The van der Waals surface area contributed by atoms with Gasteiger partial charge in [-0.25, -0.2) is 0 Å². The first-order chi connectivity index (χ1) is 7.27. The number of rotatable bonds is 3. The lowest BCUT2D eigenvalue weighted by Gasteiger charge is -2.17. The summed E-state index contributed by atoms with van der Waals surface area (Å²) in [5, 5.41) is 4.13. The molecule has 2 rings (SSSR count). The van der Waals surface area contributed by atoms with Gasteiger partial charge in [0.05, 0.1) is 0 Å². The molecule has 1 heterocycles. The Balaban J connectivity index is 2.32. The van der Waals surface area contributed by atoms with Crippen molar-refractivity contribution in [1.29, 1.82) is 0 Å². The first-order valence-electron chi connectivity index (χ1n) is 5.40. The van der Waals surface area contributed by atoms with Crippen LogP contribution < -0.4 is 5.32 Å². The van der Waals surface area contributed by atoms with Crippen molar-refractivity contribution in [2.75, 3.05) is 7.05 Å². The van der Waals surface area contributed by atoms with E-state index in [1.807, 2.05) is 11.8 Å². The van der Waals surface area contributed by atoms with Crippen molar-refractivity contribution in [3.05, 3.63) is 28.2 Å². The molecular weight excluding hydrogens is 270 g/mol. The maximum absolute atomic E-state index is 3.63. The number of halogens is 1. The zero-order valence-corrected chi connectivity index (χ0v) is 11.5. The van der Waals surface area contributed by atoms with Crippen molar-refractivity contribution in [3.8, 4) is 0 Å². The summed E-state index contributed by atoms with van der Waals surface area (Å²) in [6, 6.07) is 7.02. The van der Waals surface area contributed by atoms with Gasteiger partial charge in [-0.15, -0.1) is 11.8 Å². The third-order valence-electron chi connectivity index (χ3n) is 2.86. The molecule has 0 saturated carbocycles. The van der Waals surface area contributed by atoms with Crippen molar-refractivity contribution in [2.24, 2.45) is 0 Å². The standard InChI is InChI=1S/C12H16BrNS/c1-3-5-10-11(14-2)8-6-4-7-9(13)12(8)15-10/h4,6-7,10-11,14H,3,5H2,1-2H3. The summed E-state index contributed by atoms with van der Waals surface area (Å²) in [4.78, 5) is 1.43. The van der Waals surface area contributed by atoms with Crippen molar-refractivity contribution in [3.63, 3.8) is 0 Å². The van der Waals surface area contributed by atoms with E-state index in [1.54, 1.807) is 0 Å². The van der Waals surface area contributed by atoms with E-state index < -0.39 is 0 Å². The van der Waals surface area contributed by atoms with E-state index in [0.29, 0.717) is 11.3 Å². The van der Waals surface area contributed by atoms with E-state index in [1.165, 1.54) is 27.8 Å². The fourth-order valence-corrected chi connectivity index (χ4v) is 4.41. The summed E-state index contributed by atoms with van der Waals surface area (Å²) in [6.07, 6.45) is 2.53. The first-order valence-corrected chi connectivity index (χ1v) is 7.07. The second kappa shape index (κ2) is 4.89. The lowest BCUT2D eigenvalue weighted by atomic mass is 10.0. The Labute approximate surface area is 104 Å². The fraction of sp³-hybridized carbons (Fsp3) is 0.500. The highest BCUT2D eigenvalue weighted by atomic mass is 79.9. The van der Waals surface area contributed by atoms with E-state index in [2.05, 4.69) is 53.4 Å². The van der Waals surface area contributed by atoms with Crippen LogP contribution in [0.5, 0.6) is 0 Å². The van der Waals surface area contributed by atoms with Gasteiger partial charge in [-0.2, -0.15) is 0 Å². The van der Waals surface area contributed by atoms with Gasteiger partial charge in [-0.3, -0.25) is 0 Å². The molecule has 1 nitrogen and oxygen atoms in total. The minimum atomic E-state index is 0.516. The number of nitrogens with one attached hydrogen (secondary N) is 1. The molecule has 1 aromatic carbocycles. The second-order valence-corrected chi connectivity index (χ2v) is 5.97. The van der Waals surface area contributed by atoms with Gasteiger partial charge in [-0.1, -0.05) is 25.5 Å². The molecule has 1 N–H and O–H groups in total. The zero-order valence-electron chi connectivity index (χ0n) is 9.09. The lowest BCUT2D eigenvalue weighted by Crippen LogP contribution is -2.23. The minimum Gasteiger partial charge on any atom is -0.312 e. The Hall–Kier alpha value is 0.01000. The van der Waals surface area contributed by atoms with Crippen LogP contribution in [0, 0.1) is 0 Å². The molecule has 0 radical (unpaired) electrons. The van der Waals surface area contributed by atoms with Gasteiger partial charge in [0.1, 0.15) is 0 Å². The summed E-state index contributed by atoms with van der Waals surface area (Å²) in [5.41, 5.74) is 1.45. The van der Waals surface area contributed by atoms with Crippen LogP contribution in [0.2, 0.25) is 0 Å². The number of hydrogen-bond acceptors (Lipinski definition) is 2. The summed E-state index contributed by atoms with van der Waals surface area (Å²) in [5.74, 6) is 0. The molecule has 0 spiro atoms. The summed E-state index contributed by atoms with van der Waals surface area (Å²) < 4.78 is 1.24. The van der Waals surface area contributed by atoms with Gasteiger partial charge in [0.2, 0.25) is 0 Å². The van der Waals surface area contributed by atoms with Gasteiger partial charge in [0.15, 0.2) is 0 Å². The van der Waals surface area contributed by atoms with E-state index in [0.717, 1.165) is 0 Å². The molecule has 82 valence electrons. The summed E-state index contributed by atoms with van der Waals surface area (Å²) in [6.45, 7) is 2.26. The van der Waals surface area contributed by atoms with Crippen LogP contribution in [0.25, 0.3) is 0 Å². The van der Waals surface area contributed by atoms with Gasteiger partial charge in [0.25, 0.3) is 0 Å². The van der Waals surface area contributed by atoms with E-state index in [-0.39, 0.29) is 0 Å². The highest BCUT2D eigenvalue weighted by Crippen LogP contribution is 2.48. The van der Waals surface area contributed by atoms with Crippen molar-refractivity contribution < 1.29 is 0 Å². The van der Waals surface area contributed by atoms with E-state index in [4.69, 9.17) is 0 Å². The molecule has 15 heavy (non-hydrogen) atoms. The van der Waals surface area contributed by atoms with Gasteiger partial charge < -0.3 is 5.32 Å². The van der Waals surface area contributed by atoms with Crippen LogP contribution >= 0.6 is 27.7 Å². The Bertz CT molecular complexity index is 353. The largest absolute Gasteiger partial charge is 0.312 e. The molecule has 1 aliphatic rings. The Morgan fingerprint density at radius 2 is 2.27 bits per heavy atom. The average Bonchev–Trinajstić information content (AvgIpc) is 2.58. The Morgan fingerprint density at radius 3 is 2.93 bits per heavy atom. The normalized spacial score (nSPS) is 24.2. The third kappa shape index (κ3) is 2.10. The SMILES string of the molecule is CCCC1Sc2c(Br)cccc2C1NC. The molecular formula is C12H16BrNS.